The quantitative estimate of drug-likeness (QED) is 0.815. The Hall–Kier alpha value is -1.13. The lowest BCUT2D eigenvalue weighted by atomic mass is 9.74. The standard InChI is InChI=1S/C12H18ClN3O/c1-11(2,12(3,4)14)10(17)16-8-6-5-7-15-9(8)13/h5-7H,14H2,1-4H3,(H,16,17). The maximum atomic E-state index is 12.2. The van der Waals surface area contributed by atoms with Gasteiger partial charge >= 0.3 is 0 Å². The molecule has 5 heteroatoms. The number of nitrogens with zero attached hydrogens (tertiary/aromatic N) is 1. The van der Waals surface area contributed by atoms with E-state index in [9.17, 15) is 4.79 Å². The molecule has 1 amide bonds. The number of hydrogen-bond donors (Lipinski definition) is 2. The lowest BCUT2D eigenvalue weighted by Crippen LogP contribution is -2.53. The van der Waals surface area contributed by atoms with Gasteiger partial charge in [0.25, 0.3) is 0 Å². The lowest BCUT2D eigenvalue weighted by molar-refractivity contribution is -0.126. The van der Waals surface area contributed by atoms with Crippen molar-refractivity contribution in [1.82, 2.24) is 4.98 Å². The van der Waals surface area contributed by atoms with Crippen LogP contribution in [0.15, 0.2) is 18.3 Å². The van der Waals surface area contributed by atoms with Crippen molar-refractivity contribution in [3.63, 3.8) is 0 Å². The van der Waals surface area contributed by atoms with Crippen LogP contribution in [0.3, 0.4) is 0 Å². The molecule has 17 heavy (non-hydrogen) atoms. The smallest absolute Gasteiger partial charge is 0.231 e. The van der Waals surface area contributed by atoms with Gasteiger partial charge in [-0.05, 0) is 39.8 Å². The van der Waals surface area contributed by atoms with Crippen molar-refractivity contribution in [3.8, 4) is 0 Å². The van der Waals surface area contributed by atoms with Crippen molar-refractivity contribution in [1.29, 1.82) is 0 Å². The zero-order valence-electron chi connectivity index (χ0n) is 10.5. The molecule has 0 saturated carbocycles. The molecule has 0 aliphatic carbocycles. The Balaban J connectivity index is 2.91. The van der Waals surface area contributed by atoms with Crippen LogP contribution in [0.4, 0.5) is 5.69 Å². The molecule has 0 aliphatic heterocycles. The van der Waals surface area contributed by atoms with Crippen LogP contribution < -0.4 is 11.1 Å². The number of pyridine rings is 1. The summed E-state index contributed by atoms with van der Waals surface area (Å²) in [6.45, 7) is 7.23. The van der Waals surface area contributed by atoms with Crippen LogP contribution in [-0.4, -0.2) is 16.4 Å². The van der Waals surface area contributed by atoms with Gasteiger partial charge in [-0.15, -0.1) is 0 Å². The number of nitrogens with one attached hydrogen (secondary N) is 1. The summed E-state index contributed by atoms with van der Waals surface area (Å²) in [5, 5.41) is 3.01. The molecular formula is C12H18ClN3O. The van der Waals surface area contributed by atoms with Crippen molar-refractivity contribution >= 4 is 23.2 Å². The molecule has 0 spiro atoms. The first-order chi connectivity index (χ1) is 7.66. The monoisotopic (exact) mass is 255 g/mol. The summed E-state index contributed by atoms with van der Waals surface area (Å²) in [5.41, 5.74) is 5.14. The molecule has 94 valence electrons. The van der Waals surface area contributed by atoms with Gasteiger partial charge in [-0.1, -0.05) is 11.6 Å². The average Bonchev–Trinajstić information content (AvgIpc) is 2.19. The molecule has 0 atom stereocenters. The van der Waals surface area contributed by atoms with E-state index >= 15 is 0 Å². The summed E-state index contributed by atoms with van der Waals surface area (Å²) in [6.07, 6.45) is 1.57. The Morgan fingerprint density at radius 1 is 1.41 bits per heavy atom. The molecule has 1 rings (SSSR count). The molecule has 1 aromatic rings. The summed E-state index contributed by atoms with van der Waals surface area (Å²) in [6, 6.07) is 3.41. The lowest BCUT2D eigenvalue weighted by Gasteiger charge is -2.36. The highest BCUT2D eigenvalue weighted by molar-refractivity contribution is 6.32. The Morgan fingerprint density at radius 2 is 2.00 bits per heavy atom. The minimum atomic E-state index is -0.716. The summed E-state index contributed by atoms with van der Waals surface area (Å²) in [5.74, 6) is -0.181. The molecule has 0 saturated heterocycles. The molecule has 3 N–H and O–H groups in total. The normalized spacial score (nSPS) is 12.4. The van der Waals surface area contributed by atoms with Crippen molar-refractivity contribution < 1.29 is 4.79 Å². The SMILES string of the molecule is CC(C)(N)C(C)(C)C(=O)Nc1cccnc1Cl. The van der Waals surface area contributed by atoms with E-state index in [1.807, 2.05) is 13.8 Å². The molecular weight excluding hydrogens is 238 g/mol. The topological polar surface area (TPSA) is 68.0 Å². The largest absolute Gasteiger partial charge is 0.325 e. The first-order valence-electron chi connectivity index (χ1n) is 5.37. The van der Waals surface area contributed by atoms with Crippen LogP contribution in [0, 0.1) is 5.41 Å². The summed E-state index contributed by atoms with van der Waals surface area (Å²) < 4.78 is 0. The highest BCUT2D eigenvalue weighted by Crippen LogP contribution is 2.30. The minimum absolute atomic E-state index is 0.181. The predicted molar refractivity (Wildman–Crippen MR) is 69.9 cm³/mol. The van der Waals surface area contributed by atoms with Crippen LogP contribution in [-0.2, 0) is 4.79 Å². The van der Waals surface area contributed by atoms with E-state index < -0.39 is 11.0 Å². The van der Waals surface area contributed by atoms with E-state index in [0.29, 0.717) is 5.69 Å². The maximum Gasteiger partial charge on any atom is 0.231 e. The van der Waals surface area contributed by atoms with E-state index in [-0.39, 0.29) is 11.1 Å². The van der Waals surface area contributed by atoms with E-state index in [1.54, 1.807) is 32.2 Å². The molecule has 0 fully saturated rings. The van der Waals surface area contributed by atoms with Crippen LogP contribution >= 0.6 is 11.6 Å². The van der Waals surface area contributed by atoms with E-state index in [1.165, 1.54) is 0 Å². The van der Waals surface area contributed by atoms with Crippen LogP contribution in [0.25, 0.3) is 0 Å². The second-order valence-electron chi connectivity index (χ2n) is 5.14. The fraction of sp³-hybridized carbons (Fsp3) is 0.500. The maximum absolute atomic E-state index is 12.2. The fourth-order valence-corrected chi connectivity index (χ4v) is 1.22. The third-order valence-electron chi connectivity index (χ3n) is 3.19. The Morgan fingerprint density at radius 3 is 2.47 bits per heavy atom. The minimum Gasteiger partial charge on any atom is -0.325 e. The van der Waals surface area contributed by atoms with Gasteiger partial charge < -0.3 is 11.1 Å². The van der Waals surface area contributed by atoms with Gasteiger partial charge in [-0.2, -0.15) is 0 Å². The molecule has 0 bridgehead atoms. The van der Waals surface area contributed by atoms with Crippen molar-refractivity contribution in [2.24, 2.45) is 11.1 Å². The number of halogens is 1. The Bertz CT molecular complexity index is 424. The van der Waals surface area contributed by atoms with Crippen LogP contribution in [0.5, 0.6) is 0 Å². The highest BCUT2D eigenvalue weighted by atomic mass is 35.5. The van der Waals surface area contributed by atoms with Gasteiger partial charge in [0.2, 0.25) is 5.91 Å². The number of carbonyl (C=O) groups excluding carboxylic acids is 1. The summed E-state index contributed by atoms with van der Waals surface area (Å²) in [7, 11) is 0. The summed E-state index contributed by atoms with van der Waals surface area (Å²) in [4.78, 5) is 16.1. The molecule has 1 heterocycles. The zero-order valence-corrected chi connectivity index (χ0v) is 11.3. The highest BCUT2D eigenvalue weighted by Gasteiger charge is 2.40. The molecule has 0 unspecified atom stereocenters. The number of nitrogens with two attached hydrogens (primary N) is 1. The van der Waals surface area contributed by atoms with Gasteiger partial charge in [0, 0.05) is 11.7 Å². The fourth-order valence-electron chi connectivity index (χ4n) is 1.05. The van der Waals surface area contributed by atoms with E-state index in [2.05, 4.69) is 10.3 Å². The molecule has 1 aromatic heterocycles. The van der Waals surface area contributed by atoms with E-state index in [4.69, 9.17) is 17.3 Å². The van der Waals surface area contributed by atoms with Crippen molar-refractivity contribution in [3.05, 3.63) is 23.5 Å². The third-order valence-corrected chi connectivity index (χ3v) is 3.49. The van der Waals surface area contributed by atoms with E-state index in [0.717, 1.165) is 0 Å². The van der Waals surface area contributed by atoms with Gasteiger partial charge in [-0.25, -0.2) is 4.98 Å². The summed E-state index contributed by atoms with van der Waals surface area (Å²) >= 11 is 5.88. The number of carbonyl (C=O) groups is 1. The Kier molecular flexibility index (Phi) is 3.79. The molecule has 0 aromatic carbocycles. The number of rotatable bonds is 3. The second kappa shape index (κ2) is 4.63. The molecule has 0 aliphatic rings. The van der Waals surface area contributed by atoms with Gasteiger partial charge in [0.05, 0.1) is 11.1 Å². The predicted octanol–water partition coefficient (Wildman–Crippen LogP) is 2.44. The first-order valence-corrected chi connectivity index (χ1v) is 5.75. The molecule has 4 nitrogen and oxygen atoms in total. The number of aromatic nitrogens is 1. The van der Waals surface area contributed by atoms with Crippen molar-refractivity contribution in [2.45, 2.75) is 33.2 Å². The molecule has 0 radical (unpaired) electrons. The average molecular weight is 256 g/mol. The number of amides is 1. The Labute approximate surface area is 107 Å². The van der Waals surface area contributed by atoms with Crippen LogP contribution in [0.2, 0.25) is 5.15 Å². The second-order valence-corrected chi connectivity index (χ2v) is 5.50. The van der Waals surface area contributed by atoms with Crippen LogP contribution in [0.1, 0.15) is 27.7 Å². The first kappa shape index (κ1) is 13.9. The van der Waals surface area contributed by atoms with Gasteiger partial charge in [0.1, 0.15) is 0 Å². The van der Waals surface area contributed by atoms with Gasteiger partial charge in [0.15, 0.2) is 5.15 Å². The number of hydrogen-bond acceptors (Lipinski definition) is 3. The van der Waals surface area contributed by atoms with Gasteiger partial charge in [-0.3, -0.25) is 4.79 Å². The van der Waals surface area contributed by atoms with Crippen molar-refractivity contribution in [2.75, 3.05) is 5.32 Å². The zero-order chi connectivity index (χ0) is 13.3. The third kappa shape index (κ3) is 2.96. The number of anilines is 1.